The van der Waals surface area contributed by atoms with Crippen molar-refractivity contribution in [3.63, 3.8) is 0 Å². The Morgan fingerprint density at radius 2 is 1.85 bits per heavy atom. The van der Waals surface area contributed by atoms with Gasteiger partial charge in [0.25, 0.3) is 0 Å². The van der Waals surface area contributed by atoms with Gasteiger partial charge in [0.15, 0.2) is 11.6 Å². The predicted molar refractivity (Wildman–Crippen MR) is 95.1 cm³/mol. The predicted octanol–water partition coefficient (Wildman–Crippen LogP) is 3.35. The minimum Gasteiger partial charge on any atom is -0.396 e. The van der Waals surface area contributed by atoms with Crippen LogP contribution in [0.5, 0.6) is 0 Å². The average Bonchev–Trinajstić information content (AvgIpc) is 2.66. The number of anilines is 3. The molecule has 0 amide bonds. The molecule has 0 saturated carbocycles. The summed E-state index contributed by atoms with van der Waals surface area (Å²) >= 11 is 0. The summed E-state index contributed by atoms with van der Waals surface area (Å²) in [6, 6.07) is 10.6. The lowest BCUT2D eigenvalue weighted by molar-refractivity contribution is 0.292. The van der Waals surface area contributed by atoms with Gasteiger partial charge in [-0.25, -0.2) is 13.8 Å². The molecule has 0 unspecified atom stereocenters. The summed E-state index contributed by atoms with van der Waals surface area (Å²) in [5, 5.41) is 14.9. The Morgan fingerprint density at radius 1 is 0.962 bits per heavy atom. The summed E-state index contributed by atoms with van der Waals surface area (Å²) in [6.07, 6.45) is 2.20. The monoisotopic (exact) mass is 357 g/mol. The summed E-state index contributed by atoms with van der Waals surface area (Å²) in [7, 11) is 0. The molecule has 3 aromatic rings. The zero-order valence-corrected chi connectivity index (χ0v) is 13.8. The van der Waals surface area contributed by atoms with Crippen molar-refractivity contribution >= 4 is 17.5 Å². The van der Waals surface area contributed by atoms with E-state index in [1.54, 1.807) is 24.4 Å². The van der Waals surface area contributed by atoms with Gasteiger partial charge < -0.3 is 15.7 Å². The molecule has 1 aromatic carbocycles. The van der Waals surface area contributed by atoms with Crippen LogP contribution in [-0.4, -0.2) is 33.2 Å². The van der Waals surface area contributed by atoms with Crippen molar-refractivity contribution in [2.45, 2.75) is 6.42 Å². The molecule has 0 saturated heterocycles. The highest BCUT2D eigenvalue weighted by molar-refractivity contribution is 5.65. The van der Waals surface area contributed by atoms with E-state index in [1.807, 2.05) is 6.07 Å². The van der Waals surface area contributed by atoms with Crippen LogP contribution in [0, 0.1) is 11.6 Å². The zero-order chi connectivity index (χ0) is 18.4. The van der Waals surface area contributed by atoms with E-state index in [0.29, 0.717) is 41.8 Å². The van der Waals surface area contributed by atoms with E-state index in [4.69, 9.17) is 5.11 Å². The van der Waals surface area contributed by atoms with Gasteiger partial charge in [-0.1, -0.05) is 6.07 Å². The molecular formula is C18H17F2N5O. The highest BCUT2D eigenvalue weighted by atomic mass is 19.2. The van der Waals surface area contributed by atoms with Crippen molar-refractivity contribution in [3.05, 3.63) is 60.3 Å². The van der Waals surface area contributed by atoms with E-state index < -0.39 is 11.6 Å². The van der Waals surface area contributed by atoms with Gasteiger partial charge in [-0.15, -0.1) is 0 Å². The van der Waals surface area contributed by atoms with Crippen LogP contribution < -0.4 is 10.6 Å². The number of hydrogen-bond acceptors (Lipinski definition) is 6. The van der Waals surface area contributed by atoms with E-state index in [2.05, 4.69) is 25.6 Å². The Labute approximate surface area is 149 Å². The fourth-order valence-electron chi connectivity index (χ4n) is 2.24. The SMILES string of the molecule is OCCCNc1nc(Nc2ccc(F)c(F)c2)cc(-c2ccccn2)n1. The average molecular weight is 357 g/mol. The number of nitrogens with one attached hydrogen (secondary N) is 2. The highest BCUT2D eigenvalue weighted by Crippen LogP contribution is 2.23. The minimum atomic E-state index is -0.949. The van der Waals surface area contributed by atoms with E-state index in [1.165, 1.54) is 6.07 Å². The molecule has 8 heteroatoms. The fourth-order valence-corrected chi connectivity index (χ4v) is 2.24. The number of hydrogen-bond donors (Lipinski definition) is 3. The molecule has 0 aliphatic carbocycles. The number of pyridine rings is 1. The number of rotatable bonds is 7. The Bertz CT molecular complexity index is 877. The second-order valence-corrected chi connectivity index (χ2v) is 5.43. The Balaban J connectivity index is 1.91. The molecule has 3 N–H and O–H groups in total. The van der Waals surface area contributed by atoms with Gasteiger partial charge in [-0.2, -0.15) is 4.98 Å². The maximum absolute atomic E-state index is 13.4. The molecule has 26 heavy (non-hydrogen) atoms. The molecule has 0 radical (unpaired) electrons. The molecule has 2 aromatic heterocycles. The van der Waals surface area contributed by atoms with Crippen molar-refractivity contribution in [1.82, 2.24) is 15.0 Å². The lowest BCUT2D eigenvalue weighted by Gasteiger charge is -2.11. The third kappa shape index (κ3) is 4.48. The molecule has 134 valence electrons. The first-order valence-electron chi connectivity index (χ1n) is 8.03. The van der Waals surface area contributed by atoms with Crippen molar-refractivity contribution in [1.29, 1.82) is 0 Å². The smallest absolute Gasteiger partial charge is 0.225 e. The number of benzene rings is 1. The van der Waals surface area contributed by atoms with Crippen LogP contribution in [0.1, 0.15) is 6.42 Å². The van der Waals surface area contributed by atoms with Crippen LogP contribution in [0.4, 0.5) is 26.2 Å². The molecule has 0 aliphatic heterocycles. The van der Waals surface area contributed by atoms with Gasteiger partial charge in [0.05, 0.1) is 11.4 Å². The molecule has 3 rings (SSSR count). The summed E-state index contributed by atoms with van der Waals surface area (Å²) in [5.74, 6) is -1.13. The molecule has 6 nitrogen and oxygen atoms in total. The molecule has 0 atom stereocenters. The number of aliphatic hydroxyl groups is 1. The largest absolute Gasteiger partial charge is 0.396 e. The van der Waals surface area contributed by atoms with Crippen LogP contribution in [0.15, 0.2) is 48.7 Å². The molecule has 0 fully saturated rings. The van der Waals surface area contributed by atoms with Crippen LogP contribution in [0.2, 0.25) is 0 Å². The molecular weight excluding hydrogens is 340 g/mol. The van der Waals surface area contributed by atoms with Crippen LogP contribution in [-0.2, 0) is 0 Å². The first-order chi connectivity index (χ1) is 12.7. The third-order valence-corrected chi connectivity index (χ3v) is 3.46. The zero-order valence-electron chi connectivity index (χ0n) is 13.8. The molecule has 0 bridgehead atoms. The van der Waals surface area contributed by atoms with Gasteiger partial charge in [-0.05, 0) is 30.7 Å². The lowest BCUT2D eigenvalue weighted by atomic mass is 10.2. The van der Waals surface area contributed by atoms with Crippen LogP contribution in [0.25, 0.3) is 11.4 Å². The van der Waals surface area contributed by atoms with Gasteiger partial charge in [0.2, 0.25) is 5.95 Å². The van der Waals surface area contributed by atoms with E-state index in [9.17, 15) is 8.78 Å². The summed E-state index contributed by atoms with van der Waals surface area (Å²) < 4.78 is 26.5. The maximum Gasteiger partial charge on any atom is 0.225 e. The molecule has 0 aliphatic rings. The number of nitrogens with zero attached hydrogens (tertiary/aromatic N) is 3. The Kier molecular flexibility index (Phi) is 5.65. The number of halogens is 2. The first-order valence-corrected chi connectivity index (χ1v) is 8.03. The van der Waals surface area contributed by atoms with Crippen molar-refractivity contribution < 1.29 is 13.9 Å². The van der Waals surface area contributed by atoms with Gasteiger partial charge >= 0.3 is 0 Å². The maximum atomic E-state index is 13.4. The van der Waals surface area contributed by atoms with Crippen LogP contribution in [0.3, 0.4) is 0 Å². The van der Waals surface area contributed by atoms with Gasteiger partial charge in [0.1, 0.15) is 5.82 Å². The lowest BCUT2D eigenvalue weighted by Crippen LogP contribution is -2.09. The van der Waals surface area contributed by atoms with E-state index in [-0.39, 0.29) is 6.61 Å². The highest BCUT2D eigenvalue weighted by Gasteiger charge is 2.09. The quantitative estimate of drug-likeness (QED) is 0.563. The van der Waals surface area contributed by atoms with E-state index >= 15 is 0 Å². The van der Waals surface area contributed by atoms with Crippen molar-refractivity contribution in [3.8, 4) is 11.4 Å². The number of aromatic nitrogens is 3. The first kappa shape index (κ1) is 17.7. The summed E-state index contributed by atoms with van der Waals surface area (Å²) in [6.45, 7) is 0.541. The topological polar surface area (TPSA) is 83.0 Å². The second kappa shape index (κ2) is 8.30. The third-order valence-electron chi connectivity index (χ3n) is 3.46. The minimum absolute atomic E-state index is 0.0485. The number of aliphatic hydroxyl groups excluding tert-OH is 1. The second-order valence-electron chi connectivity index (χ2n) is 5.43. The summed E-state index contributed by atoms with van der Waals surface area (Å²) in [5.41, 5.74) is 1.57. The normalized spacial score (nSPS) is 10.6. The standard InChI is InChI=1S/C18H17F2N5O/c19-13-6-5-12(10-14(13)20)23-17-11-16(15-4-1-2-7-21-15)24-18(25-17)22-8-3-9-26/h1-2,4-7,10-11,26H,3,8-9H2,(H2,22,23,24,25). The van der Waals surface area contributed by atoms with Crippen LogP contribution >= 0.6 is 0 Å². The van der Waals surface area contributed by atoms with Crippen molar-refractivity contribution in [2.24, 2.45) is 0 Å². The summed E-state index contributed by atoms with van der Waals surface area (Å²) in [4.78, 5) is 13.0. The van der Waals surface area contributed by atoms with E-state index in [0.717, 1.165) is 12.1 Å². The molecule has 2 heterocycles. The fraction of sp³-hybridized carbons (Fsp3) is 0.167. The van der Waals surface area contributed by atoms with Gasteiger partial charge in [0, 0.05) is 37.2 Å². The van der Waals surface area contributed by atoms with Crippen molar-refractivity contribution in [2.75, 3.05) is 23.8 Å². The van der Waals surface area contributed by atoms with Gasteiger partial charge in [-0.3, -0.25) is 4.98 Å². The Morgan fingerprint density at radius 3 is 2.58 bits per heavy atom. The molecule has 0 spiro atoms. The Hall–Kier alpha value is -3.13.